The zero-order valence-corrected chi connectivity index (χ0v) is 8.87. The minimum atomic E-state index is 0.510. The predicted octanol–water partition coefficient (Wildman–Crippen LogP) is 2.27. The molecule has 2 rings (SSSR count). The lowest BCUT2D eigenvalue weighted by atomic mass is 10.2. The molecule has 1 atom stereocenters. The molecule has 76 valence electrons. The Morgan fingerprint density at radius 1 is 1.36 bits per heavy atom. The fourth-order valence-corrected chi connectivity index (χ4v) is 2.18. The van der Waals surface area contributed by atoms with E-state index in [4.69, 9.17) is 17.3 Å². The van der Waals surface area contributed by atoms with Crippen molar-refractivity contribution in [3.05, 3.63) is 29.3 Å². The van der Waals surface area contributed by atoms with Gasteiger partial charge >= 0.3 is 0 Å². The third-order valence-corrected chi connectivity index (χ3v) is 3.06. The van der Waals surface area contributed by atoms with Crippen molar-refractivity contribution in [2.45, 2.75) is 18.9 Å². The number of benzene rings is 1. The van der Waals surface area contributed by atoms with E-state index in [2.05, 4.69) is 17.0 Å². The lowest BCUT2D eigenvalue weighted by Gasteiger charge is -2.25. The van der Waals surface area contributed by atoms with E-state index in [9.17, 15) is 0 Å². The van der Waals surface area contributed by atoms with Gasteiger partial charge in [0, 0.05) is 29.8 Å². The summed E-state index contributed by atoms with van der Waals surface area (Å²) in [6.07, 6.45) is 2.45. The van der Waals surface area contributed by atoms with E-state index in [1.165, 1.54) is 18.5 Å². The largest absolute Gasteiger partial charge is 0.367 e. The molecule has 0 spiro atoms. The number of nitrogens with two attached hydrogens (primary N) is 1. The minimum Gasteiger partial charge on any atom is -0.367 e. The van der Waals surface area contributed by atoms with Crippen molar-refractivity contribution in [3.63, 3.8) is 0 Å². The van der Waals surface area contributed by atoms with Gasteiger partial charge in [-0.3, -0.25) is 0 Å². The van der Waals surface area contributed by atoms with E-state index in [1.807, 2.05) is 12.1 Å². The summed E-state index contributed by atoms with van der Waals surface area (Å²) in [5, 5.41) is 0.789. The molecule has 0 amide bonds. The van der Waals surface area contributed by atoms with Crippen molar-refractivity contribution in [2.24, 2.45) is 5.73 Å². The van der Waals surface area contributed by atoms with Crippen LogP contribution in [-0.4, -0.2) is 19.1 Å². The van der Waals surface area contributed by atoms with E-state index in [1.54, 1.807) is 0 Å². The minimum absolute atomic E-state index is 0.510. The van der Waals surface area contributed by atoms with Gasteiger partial charge in [-0.25, -0.2) is 0 Å². The summed E-state index contributed by atoms with van der Waals surface area (Å²) >= 11 is 5.85. The van der Waals surface area contributed by atoms with Gasteiger partial charge in [-0.2, -0.15) is 0 Å². The van der Waals surface area contributed by atoms with Crippen LogP contribution in [0, 0.1) is 0 Å². The molecule has 1 aliphatic heterocycles. The first kappa shape index (κ1) is 9.81. The molecule has 0 aromatic heterocycles. The molecule has 1 aliphatic rings. The Morgan fingerprint density at radius 3 is 2.71 bits per heavy atom. The summed E-state index contributed by atoms with van der Waals surface area (Å²) < 4.78 is 0. The van der Waals surface area contributed by atoms with Gasteiger partial charge in [0.15, 0.2) is 0 Å². The Labute approximate surface area is 89.7 Å². The first-order valence-electron chi connectivity index (χ1n) is 5.03. The molecule has 1 aromatic carbocycles. The molecule has 0 radical (unpaired) electrons. The maximum Gasteiger partial charge on any atom is 0.0412 e. The third-order valence-electron chi connectivity index (χ3n) is 2.81. The first-order valence-corrected chi connectivity index (χ1v) is 5.41. The van der Waals surface area contributed by atoms with E-state index in [0.717, 1.165) is 18.1 Å². The highest BCUT2D eigenvalue weighted by molar-refractivity contribution is 6.30. The monoisotopic (exact) mass is 210 g/mol. The van der Waals surface area contributed by atoms with Crippen molar-refractivity contribution in [1.29, 1.82) is 0 Å². The molecule has 0 aliphatic carbocycles. The molecule has 0 saturated carbocycles. The van der Waals surface area contributed by atoms with Crippen LogP contribution in [0.3, 0.4) is 0 Å². The molecule has 2 nitrogen and oxygen atoms in total. The quantitative estimate of drug-likeness (QED) is 0.812. The molecule has 1 aromatic rings. The van der Waals surface area contributed by atoms with E-state index < -0.39 is 0 Å². The molecular weight excluding hydrogens is 196 g/mol. The van der Waals surface area contributed by atoms with Gasteiger partial charge < -0.3 is 10.6 Å². The van der Waals surface area contributed by atoms with E-state index in [-0.39, 0.29) is 0 Å². The van der Waals surface area contributed by atoms with Crippen LogP contribution in [-0.2, 0) is 0 Å². The van der Waals surface area contributed by atoms with Gasteiger partial charge in [0.05, 0.1) is 0 Å². The summed E-state index contributed by atoms with van der Waals surface area (Å²) in [5.74, 6) is 0. The van der Waals surface area contributed by atoms with Crippen molar-refractivity contribution in [1.82, 2.24) is 0 Å². The molecule has 3 heteroatoms. The summed E-state index contributed by atoms with van der Waals surface area (Å²) in [4.78, 5) is 2.37. The van der Waals surface area contributed by atoms with E-state index in [0.29, 0.717) is 6.04 Å². The van der Waals surface area contributed by atoms with Gasteiger partial charge in [0.1, 0.15) is 0 Å². The fourth-order valence-electron chi connectivity index (χ4n) is 2.05. The number of anilines is 1. The van der Waals surface area contributed by atoms with Crippen molar-refractivity contribution in [2.75, 3.05) is 18.0 Å². The normalized spacial score (nSPS) is 21.6. The van der Waals surface area contributed by atoms with Crippen LogP contribution >= 0.6 is 11.6 Å². The first-order chi connectivity index (χ1) is 6.81. The Hall–Kier alpha value is -0.730. The Kier molecular flexibility index (Phi) is 2.94. The fraction of sp³-hybridized carbons (Fsp3) is 0.455. The van der Waals surface area contributed by atoms with Crippen LogP contribution in [0.15, 0.2) is 24.3 Å². The predicted molar refractivity (Wildman–Crippen MR) is 60.9 cm³/mol. The summed E-state index contributed by atoms with van der Waals surface area (Å²) in [6.45, 7) is 1.85. The number of rotatable bonds is 2. The van der Waals surface area contributed by atoms with Gasteiger partial charge in [-0.15, -0.1) is 0 Å². The summed E-state index contributed by atoms with van der Waals surface area (Å²) in [7, 11) is 0. The van der Waals surface area contributed by atoms with Crippen molar-refractivity contribution in [3.8, 4) is 0 Å². The van der Waals surface area contributed by atoms with Gasteiger partial charge in [-0.05, 0) is 37.1 Å². The average molecular weight is 211 g/mol. The second kappa shape index (κ2) is 4.20. The highest BCUT2D eigenvalue weighted by atomic mass is 35.5. The Bertz CT molecular complexity index is 297. The van der Waals surface area contributed by atoms with Gasteiger partial charge in [0.2, 0.25) is 0 Å². The van der Waals surface area contributed by atoms with Crippen LogP contribution < -0.4 is 10.6 Å². The maximum atomic E-state index is 5.85. The number of hydrogen-bond donors (Lipinski definition) is 1. The smallest absolute Gasteiger partial charge is 0.0412 e. The number of nitrogens with zero attached hydrogens (tertiary/aromatic N) is 1. The topological polar surface area (TPSA) is 29.3 Å². The van der Waals surface area contributed by atoms with Crippen molar-refractivity contribution >= 4 is 17.3 Å². The Morgan fingerprint density at radius 2 is 2.07 bits per heavy atom. The second-order valence-corrected chi connectivity index (χ2v) is 4.14. The van der Waals surface area contributed by atoms with E-state index >= 15 is 0 Å². The summed E-state index contributed by atoms with van der Waals surface area (Å²) in [5.41, 5.74) is 6.96. The average Bonchev–Trinajstić information content (AvgIpc) is 2.67. The summed E-state index contributed by atoms with van der Waals surface area (Å²) in [6, 6.07) is 8.51. The van der Waals surface area contributed by atoms with Crippen LogP contribution in [0.2, 0.25) is 5.02 Å². The highest BCUT2D eigenvalue weighted by Gasteiger charge is 2.22. The zero-order valence-electron chi connectivity index (χ0n) is 8.12. The molecule has 1 unspecified atom stereocenters. The molecule has 0 bridgehead atoms. The second-order valence-electron chi connectivity index (χ2n) is 3.70. The standard InChI is InChI=1S/C11H15ClN2/c12-9-3-5-10(6-4-9)14-7-1-2-11(14)8-13/h3-6,11H,1-2,7-8,13H2. The zero-order chi connectivity index (χ0) is 9.97. The number of hydrogen-bond acceptors (Lipinski definition) is 2. The van der Waals surface area contributed by atoms with Crippen molar-refractivity contribution < 1.29 is 0 Å². The Balaban J connectivity index is 2.17. The number of halogens is 1. The van der Waals surface area contributed by atoms with Crippen LogP contribution in [0.1, 0.15) is 12.8 Å². The molecule has 1 heterocycles. The molecule has 1 fully saturated rings. The van der Waals surface area contributed by atoms with Crippen LogP contribution in [0.4, 0.5) is 5.69 Å². The lowest BCUT2D eigenvalue weighted by Crippen LogP contribution is -2.35. The molecular formula is C11H15ClN2. The van der Waals surface area contributed by atoms with Gasteiger partial charge in [-0.1, -0.05) is 11.6 Å². The molecule has 14 heavy (non-hydrogen) atoms. The highest BCUT2D eigenvalue weighted by Crippen LogP contribution is 2.25. The molecule has 2 N–H and O–H groups in total. The third kappa shape index (κ3) is 1.86. The molecule has 1 saturated heterocycles. The maximum absolute atomic E-state index is 5.85. The van der Waals surface area contributed by atoms with Crippen LogP contribution in [0.5, 0.6) is 0 Å². The SMILES string of the molecule is NCC1CCCN1c1ccc(Cl)cc1. The lowest BCUT2D eigenvalue weighted by molar-refractivity contribution is 0.677. The van der Waals surface area contributed by atoms with Gasteiger partial charge in [0.25, 0.3) is 0 Å². The van der Waals surface area contributed by atoms with Crippen LogP contribution in [0.25, 0.3) is 0 Å².